The topological polar surface area (TPSA) is 85.6 Å². The average molecular weight is 451 g/mol. The van der Waals surface area contributed by atoms with Crippen LogP contribution in [-0.2, 0) is 0 Å². The molecule has 9 heteroatoms. The van der Waals surface area contributed by atoms with Gasteiger partial charge in [-0.2, -0.15) is 0 Å². The first-order valence-electron chi connectivity index (χ1n) is 9.48. The lowest BCUT2D eigenvalue weighted by Crippen LogP contribution is -2.34. The molecule has 4 rings (SSSR count). The van der Waals surface area contributed by atoms with Gasteiger partial charge in [0.15, 0.2) is 10.7 Å². The van der Waals surface area contributed by atoms with Crippen molar-refractivity contribution in [1.29, 1.82) is 0 Å². The number of nitrogens with one attached hydrogen (secondary N) is 2. The van der Waals surface area contributed by atoms with E-state index in [4.69, 9.17) is 26.1 Å². The molecule has 1 aromatic heterocycles. The van der Waals surface area contributed by atoms with Gasteiger partial charge in [-0.3, -0.25) is 10.1 Å². The summed E-state index contributed by atoms with van der Waals surface area (Å²) in [4.78, 5) is 17.0. The minimum atomic E-state index is -0.439. The third kappa shape index (κ3) is 4.37. The number of nitrogens with zero attached hydrogens (tertiary/aromatic N) is 1. The van der Waals surface area contributed by atoms with Crippen molar-refractivity contribution in [2.75, 3.05) is 19.5 Å². The molecule has 2 N–H and O–H groups in total. The molecule has 0 atom stereocenters. The van der Waals surface area contributed by atoms with Gasteiger partial charge in [-0.15, -0.1) is 0 Å². The highest BCUT2D eigenvalue weighted by molar-refractivity contribution is 7.80. The minimum absolute atomic E-state index is 0.0880. The summed E-state index contributed by atoms with van der Waals surface area (Å²) in [5.41, 5.74) is 2.16. The van der Waals surface area contributed by atoms with Crippen LogP contribution >= 0.6 is 12.2 Å². The van der Waals surface area contributed by atoms with E-state index in [2.05, 4.69) is 15.6 Å². The van der Waals surface area contributed by atoms with Crippen LogP contribution in [0.5, 0.6) is 11.5 Å². The fourth-order valence-electron chi connectivity index (χ4n) is 3.07. The second-order valence-electron chi connectivity index (χ2n) is 6.66. The van der Waals surface area contributed by atoms with Crippen molar-refractivity contribution < 1.29 is 23.1 Å². The number of carbonyl (C=O) groups is 1. The molecule has 0 spiro atoms. The van der Waals surface area contributed by atoms with Crippen molar-refractivity contribution in [3.63, 3.8) is 0 Å². The number of benzene rings is 3. The van der Waals surface area contributed by atoms with Gasteiger partial charge in [0.2, 0.25) is 5.89 Å². The normalized spacial score (nSPS) is 10.6. The van der Waals surface area contributed by atoms with Crippen molar-refractivity contribution in [1.82, 2.24) is 10.3 Å². The van der Waals surface area contributed by atoms with Crippen LogP contribution in [0.2, 0.25) is 0 Å². The van der Waals surface area contributed by atoms with Crippen molar-refractivity contribution in [2.24, 2.45) is 0 Å². The fourth-order valence-corrected chi connectivity index (χ4v) is 3.28. The number of amides is 1. The van der Waals surface area contributed by atoms with Gasteiger partial charge in [-0.05, 0) is 54.7 Å². The van der Waals surface area contributed by atoms with Gasteiger partial charge in [0.25, 0.3) is 5.91 Å². The van der Waals surface area contributed by atoms with E-state index in [1.165, 1.54) is 20.3 Å². The molecule has 0 bridgehead atoms. The van der Waals surface area contributed by atoms with Gasteiger partial charge in [0.05, 0.1) is 25.3 Å². The lowest BCUT2D eigenvalue weighted by molar-refractivity contribution is 0.0974. The molecule has 0 radical (unpaired) electrons. The first kappa shape index (κ1) is 21.3. The van der Waals surface area contributed by atoms with E-state index in [9.17, 15) is 9.18 Å². The van der Waals surface area contributed by atoms with Gasteiger partial charge >= 0.3 is 0 Å². The highest BCUT2D eigenvalue weighted by Gasteiger charge is 2.16. The number of thiocarbonyl (C=S) groups is 1. The lowest BCUT2D eigenvalue weighted by atomic mass is 10.2. The molecule has 0 unspecified atom stereocenters. The Morgan fingerprint density at radius 1 is 1.06 bits per heavy atom. The second kappa shape index (κ2) is 9.03. The molecule has 1 heterocycles. The molecule has 1 amide bonds. The van der Waals surface area contributed by atoms with E-state index in [1.54, 1.807) is 54.6 Å². The maximum Gasteiger partial charge on any atom is 0.261 e. The Hall–Kier alpha value is -3.98. The highest BCUT2D eigenvalue weighted by Crippen LogP contribution is 2.28. The summed E-state index contributed by atoms with van der Waals surface area (Å²) in [6, 6.07) is 16.2. The average Bonchev–Trinajstić information content (AvgIpc) is 3.21. The van der Waals surface area contributed by atoms with E-state index >= 15 is 0 Å². The molecule has 0 fully saturated rings. The Balaban J connectivity index is 1.49. The molecule has 4 aromatic rings. The first-order chi connectivity index (χ1) is 15.5. The Bertz CT molecular complexity index is 1320. The monoisotopic (exact) mass is 451 g/mol. The Labute approximate surface area is 188 Å². The Kier molecular flexibility index (Phi) is 6.00. The molecule has 0 aliphatic carbocycles. The van der Waals surface area contributed by atoms with Gasteiger partial charge in [0, 0.05) is 11.8 Å². The summed E-state index contributed by atoms with van der Waals surface area (Å²) in [6.07, 6.45) is 0. The van der Waals surface area contributed by atoms with E-state index < -0.39 is 11.7 Å². The zero-order valence-corrected chi connectivity index (χ0v) is 18.0. The van der Waals surface area contributed by atoms with Crippen molar-refractivity contribution in [2.45, 2.75) is 0 Å². The number of anilines is 1. The van der Waals surface area contributed by atoms with Crippen LogP contribution in [0.15, 0.2) is 65.1 Å². The van der Waals surface area contributed by atoms with Crippen LogP contribution in [0.3, 0.4) is 0 Å². The number of aromatic nitrogens is 1. The highest BCUT2D eigenvalue weighted by atomic mass is 32.1. The third-order valence-corrected chi connectivity index (χ3v) is 4.83. The van der Waals surface area contributed by atoms with Crippen LogP contribution in [0.4, 0.5) is 10.1 Å². The number of carbonyl (C=O) groups excluding carboxylic acids is 1. The Morgan fingerprint density at radius 3 is 2.62 bits per heavy atom. The minimum Gasteiger partial charge on any atom is -0.497 e. The maximum atomic E-state index is 14.0. The summed E-state index contributed by atoms with van der Waals surface area (Å²) in [7, 11) is 2.99. The quantitative estimate of drug-likeness (QED) is 0.423. The van der Waals surface area contributed by atoms with Crippen LogP contribution in [0.25, 0.3) is 22.6 Å². The first-order valence-corrected chi connectivity index (χ1v) is 9.89. The van der Waals surface area contributed by atoms with Gasteiger partial charge in [-0.25, -0.2) is 9.37 Å². The zero-order chi connectivity index (χ0) is 22.7. The summed E-state index contributed by atoms with van der Waals surface area (Å²) in [5.74, 6) is 0.239. The van der Waals surface area contributed by atoms with Gasteiger partial charge in [-0.1, -0.05) is 12.1 Å². The number of fused-ring (bicyclic) bond motifs is 1. The second-order valence-corrected chi connectivity index (χ2v) is 7.06. The maximum absolute atomic E-state index is 14.0. The number of methoxy groups -OCH3 is 2. The summed E-state index contributed by atoms with van der Waals surface area (Å²) in [6.45, 7) is 0. The Morgan fingerprint density at radius 2 is 1.88 bits per heavy atom. The molecule has 3 aromatic carbocycles. The number of hydrogen-bond acceptors (Lipinski definition) is 6. The van der Waals surface area contributed by atoms with E-state index in [-0.39, 0.29) is 16.6 Å². The summed E-state index contributed by atoms with van der Waals surface area (Å²) >= 11 is 5.26. The number of halogens is 1. The molecular weight excluding hydrogens is 433 g/mol. The lowest BCUT2D eigenvalue weighted by Gasteiger charge is -2.12. The molecule has 0 saturated carbocycles. The molecule has 0 aliphatic rings. The number of oxazole rings is 1. The number of ether oxygens (including phenoxy) is 2. The van der Waals surface area contributed by atoms with E-state index in [0.717, 1.165) is 0 Å². The molecule has 32 heavy (non-hydrogen) atoms. The fraction of sp³-hybridized carbons (Fsp3) is 0.0870. The van der Waals surface area contributed by atoms with E-state index in [0.29, 0.717) is 33.8 Å². The van der Waals surface area contributed by atoms with Crippen LogP contribution in [0.1, 0.15) is 10.4 Å². The predicted molar refractivity (Wildman–Crippen MR) is 123 cm³/mol. The van der Waals surface area contributed by atoms with Gasteiger partial charge in [0.1, 0.15) is 22.8 Å². The van der Waals surface area contributed by atoms with Crippen molar-refractivity contribution in [3.05, 3.63) is 72.0 Å². The van der Waals surface area contributed by atoms with Crippen molar-refractivity contribution >= 4 is 40.0 Å². The number of rotatable bonds is 5. The molecule has 0 saturated heterocycles. The van der Waals surface area contributed by atoms with Crippen LogP contribution < -0.4 is 20.1 Å². The van der Waals surface area contributed by atoms with Crippen LogP contribution in [-0.4, -0.2) is 30.2 Å². The molecule has 162 valence electrons. The smallest absolute Gasteiger partial charge is 0.261 e. The number of hydrogen-bond donors (Lipinski definition) is 2. The zero-order valence-electron chi connectivity index (χ0n) is 17.1. The third-order valence-electron chi connectivity index (χ3n) is 4.63. The summed E-state index contributed by atoms with van der Waals surface area (Å²) in [5, 5.41) is 5.63. The van der Waals surface area contributed by atoms with Crippen LogP contribution in [0, 0.1) is 5.82 Å². The standard InChI is InChI=1S/C23H18FN3O4S/c1-29-14-8-9-16(20(12-14)30-2)21(28)27-23(32)25-13-7-10-19-18(11-13)26-22(31-19)15-5-3-4-6-17(15)24/h3-12H,1-2H3,(H2,25,27,28,32). The van der Waals surface area contributed by atoms with E-state index in [1.807, 2.05) is 0 Å². The molecule has 7 nitrogen and oxygen atoms in total. The molecule has 0 aliphatic heterocycles. The molecular formula is C23H18FN3O4S. The predicted octanol–water partition coefficient (Wildman–Crippen LogP) is 4.78. The largest absolute Gasteiger partial charge is 0.497 e. The van der Waals surface area contributed by atoms with Gasteiger partial charge < -0.3 is 19.2 Å². The SMILES string of the molecule is COc1ccc(C(=O)NC(=S)Nc2ccc3oc(-c4ccccc4F)nc3c2)c(OC)c1. The summed E-state index contributed by atoms with van der Waals surface area (Å²) < 4.78 is 30.1. The van der Waals surface area contributed by atoms with Crippen molar-refractivity contribution in [3.8, 4) is 23.0 Å².